The molecular formula is C10H5F3N2O4. The summed E-state index contributed by atoms with van der Waals surface area (Å²) >= 11 is 0. The molecule has 0 atom stereocenters. The van der Waals surface area contributed by atoms with E-state index in [1.807, 2.05) is 0 Å². The highest BCUT2D eigenvalue weighted by Crippen LogP contribution is 2.25. The predicted octanol–water partition coefficient (Wildman–Crippen LogP) is 2.33. The van der Waals surface area contributed by atoms with E-state index in [1.54, 1.807) is 0 Å². The first-order valence-corrected chi connectivity index (χ1v) is 4.78. The van der Waals surface area contributed by atoms with Crippen molar-refractivity contribution < 1.29 is 32.3 Å². The second kappa shape index (κ2) is 4.59. The lowest BCUT2D eigenvalue weighted by molar-refractivity contribution is -0.274. The van der Waals surface area contributed by atoms with Crippen LogP contribution < -0.4 is 4.74 Å². The lowest BCUT2D eigenvalue weighted by Crippen LogP contribution is -2.16. The molecule has 1 heterocycles. The van der Waals surface area contributed by atoms with Crippen molar-refractivity contribution in [3.05, 3.63) is 30.1 Å². The zero-order valence-corrected chi connectivity index (χ0v) is 9.01. The summed E-state index contributed by atoms with van der Waals surface area (Å²) < 4.78 is 44.1. The Morgan fingerprint density at radius 3 is 2.37 bits per heavy atom. The Labute approximate surface area is 103 Å². The number of carboxylic acid groups (broad SMARTS) is 1. The van der Waals surface area contributed by atoms with E-state index in [1.165, 1.54) is 12.1 Å². The Morgan fingerprint density at radius 2 is 1.89 bits per heavy atom. The molecule has 100 valence electrons. The fourth-order valence-corrected chi connectivity index (χ4v) is 1.23. The number of aromatic nitrogens is 2. The minimum absolute atomic E-state index is 0.115. The number of rotatable bonds is 3. The Bertz CT molecular complexity index is 592. The van der Waals surface area contributed by atoms with Crippen molar-refractivity contribution in [3.63, 3.8) is 0 Å². The number of halogens is 3. The van der Waals surface area contributed by atoms with Crippen LogP contribution in [0.3, 0.4) is 0 Å². The second-order valence-corrected chi connectivity index (χ2v) is 3.30. The van der Waals surface area contributed by atoms with E-state index in [4.69, 9.17) is 5.11 Å². The largest absolute Gasteiger partial charge is 0.573 e. The van der Waals surface area contributed by atoms with Gasteiger partial charge in [0.05, 0.1) is 0 Å². The summed E-state index contributed by atoms with van der Waals surface area (Å²) in [6.07, 6.45) is -4.78. The van der Waals surface area contributed by atoms with Crippen molar-refractivity contribution in [3.8, 4) is 17.2 Å². The monoisotopic (exact) mass is 274 g/mol. The molecule has 2 aromatic rings. The second-order valence-electron chi connectivity index (χ2n) is 3.30. The third-order valence-electron chi connectivity index (χ3n) is 1.95. The zero-order valence-electron chi connectivity index (χ0n) is 9.01. The van der Waals surface area contributed by atoms with E-state index in [9.17, 15) is 18.0 Å². The molecule has 6 nitrogen and oxygen atoms in total. The molecule has 0 aliphatic rings. The van der Waals surface area contributed by atoms with E-state index in [0.29, 0.717) is 0 Å². The minimum Gasteiger partial charge on any atom is -0.475 e. The van der Waals surface area contributed by atoms with Crippen LogP contribution in [0.4, 0.5) is 13.2 Å². The van der Waals surface area contributed by atoms with Crippen molar-refractivity contribution >= 4 is 5.97 Å². The smallest absolute Gasteiger partial charge is 0.475 e. The Balaban J connectivity index is 2.20. The van der Waals surface area contributed by atoms with Gasteiger partial charge in [0, 0.05) is 5.56 Å². The van der Waals surface area contributed by atoms with Crippen molar-refractivity contribution in [1.29, 1.82) is 0 Å². The molecule has 19 heavy (non-hydrogen) atoms. The van der Waals surface area contributed by atoms with Gasteiger partial charge in [0.2, 0.25) is 0 Å². The molecule has 0 radical (unpaired) electrons. The highest BCUT2D eigenvalue weighted by Gasteiger charge is 2.31. The third kappa shape index (κ3) is 3.21. The standard InChI is InChI=1S/C10H5F3N2O4/c11-10(12,13)18-6-3-1-5(2-4-6)8-14-7(9(16)17)15-19-8/h1-4H,(H,16,17). The van der Waals surface area contributed by atoms with Crippen LogP contribution in [0.2, 0.25) is 0 Å². The molecule has 0 bridgehead atoms. The molecule has 0 unspecified atom stereocenters. The number of carbonyl (C=O) groups is 1. The normalized spacial score (nSPS) is 11.3. The van der Waals surface area contributed by atoms with E-state index in [-0.39, 0.29) is 11.5 Å². The molecule has 1 N–H and O–H groups in total. The summed E-state index contributed by atoms with van der Waals surface area (Å²) in [5.41, 5.74) is 0.273. The van der Waals surface area contributed by atoms with E-state index >= 15 is 0 Å². The maximum Gasteiger partial charge on any atom is 0.573 e. The van der Waals surface area contributed by atoms with Crippen LogP contribution in [0.25, 0.3) is 11.5 Å². The van der Waals surface area contributed by atoms with Crippen LogP contribution in [0.5, 0.6) is 5.75 Å². The van der Waals surface area contributed by atoms with Gasteiger partial charge in [-0.05, 0) is 29.4 Å². The summed E-state index contributed by atoms with van der Waals surface area (Å²) in [7, 11) is 0. The van der Waals surface area contributed by atoms with Crippen LogP contribution >= 0.6 is 0 Å². The van der Waals surface area contributed by atoms with Crippen LogP contribution in [0, 0.1) is 0 Å². The van der Waals surface area contributed by atoms with Gasteiger partial charge >= 0.3 is 12.3 Å². The van der Waals surface area contributed by atoms with E-state index in [2.05, 4.69) is 19.4 Å². The first kappa shape index (κ1) is 12.9. The van der Waals surface area contributed by atoms with Gasteiger partial charge in [-0.3, -0.25) is 0 Å². The molecule has 1 aromatic heterocycles. The number of ether oxygens (including phenoxy) is 1. The molecule has 9 heteroatoms. The molecular weight excluding hydrogens is 269 g/mol. The number of hydrogen-bond donors (Lipinski definition) is 1. The lowest BCUT2D eigenvalue weighted by Gasteiger charge is -2.08. The number of benzene rings is 1. The Hall–Kier alpha value is -2.58. The van der Waals surface area contributed by atoms with Gasteiger partial charge < -0.3 is 14.4 Å². The van der Waals surface area contributed by atoms with Crippen molar-refractivity contribution in [2.45, 2.75) is 6.36 Å². The summed E-state index contributed by atoms with van der Waals surface area (Å²) in [6, 6.07) is 4.57. The van der Waals surface area contributed by atoms with Crippen molar-refractivity contribution in [2.24, 2.45) is 0 Å². The quantitative estimate of drug-likeness (QED) is 0.924. The van der Waals surface area contributed by atoms with Crippen LogP contribution in [-0.2, 0) is 0 Å². The SMILES string of the molecule is O=C(O)c1noc(-c2ccc(OC(F)(F)F)cc2)n1. The maximum absolute atomic E-state index is 11.9. The van der Waals surface area contributed by atoms with Gasteiger partial charge in [0.15, 0.2) is 0 Å². The predicted molar refractivity (Wildman–Crippen MR) is 53.4 cm³/mol. The molecule has 0 saturated carbocycles. The highest BCUT2D eigenvalue weighted by molar-refractivity contribution is 5.83. The molecule has 0 spiro atoms. The van der Waals surface area contributed by atoms with E-state index < -0.39 is 23.9 Å². The average Bonchev–Trinajstić information content (AvgIpc) is 2.77. The number of alkyl halides is 3. The third-order valence-corrected chi connectivity index (χ3v) is 1.95. The number of carboxylic acids is 1. The minimum atomic E-state index is -4.78. The molecule has 0 amide bonds. The first-order valence-electron chi connectivity index (χ1n) is 4.78. The van der Waals surface area contributed by atoms with Gasteiger partial charge in [-0.25, -0.2) is 4.79 Å². The van der Waals surface area contributed by atoms with Crippen LogP contribution in [0.1, 0.15) is 10.6 Å². The zero-order chi connectivity index (χ0) is 14.0. The fraction of sp³-hybridized carbons (Fsp3) is 0.100. The van der Waals surface area contributed by atoms with Crippen molar-refractivity contribution in [1.82, 2.24) is 10.1 Å². The van der Waals surface area contributed by atoms with Crippen LogP contribution in [0.15, 0.2) is 28.8 Å². The molecule has 0 saturated heterocycles. The fourth-order valence-electron chi connectivity index (χ4n) is 1.23. The first-order chi connectivity index (χ1) is 8.85. The van der Waals surface area contributed by atoms with Gasteiger partial charge in [-0.2, -0.15) is 4.98 Å². The van der Waals surface area contributed by atoms with Crippen molar-refractivity contribution in [2.75, 3.05) is 0 Å². The average molecular weight is 274 g/mol. The summed E-state index contributed by atoms with van der Waals surface area (Å²) in [4.78, 5) is 14.1. The van der Waals surface area contributed by atoms with Gasteiger partial charge in [0.1, 0.15) is 5.75 Å². The Kier molecular flexibility index (Phi) is 3.11. The number of hydrogen-bond acceptors (Lipinski definition) is 5. The molecule has 2 rings (SSSR count). The summed E-state index contributed by atoms with van der Waals surface area (Å²) in [6.45, 7) is 0. The number of nitrogens with zero attached hydrogens (tertiary/aromatic N) is 2. The van der Waals surface area contributed by atoms with Gasteiger partial charge in [-0.15, -0.1) is 13.2 Å². The van der Waals surface area contributed by atoms with Gasteiger partial charge in [0.25, 0.3) is 11.7 Å². The molecule has 1 aromatic carbocycles. The highest BCUT2D eigenvalue weighted by atomic mass is 19.4. The Morgan fingerprint density at radius 1 is 1.26 bits per heavy atom. The van der Waals surface area contributed by atoms with Crippen LogP contribution in [-0.4, -0.2) is 27.6 Å². The molecule has 0 aliphatic carbocycles. The lowest BCUT2D eigenvalue weighted by atomic mass is 10.2. The number of aromatic carboxylic acids is 1. The molecule has 0 fully saturated rings. The van der Waals surface area contributed by atoms with E-state index in [0.717, 1.165) is 12.1 Å². The summed E-state index contributed by atoms with van der Waals surface area (Å²) in [5, 5.41) is 11.8. The topological polar surface area (TPSA) is 85.5 Å². The molecule has 0 aliphatic heterocycles. The summed E-state index contributed by atoms with van der Waals surface area (Å²) in [5.74, 6) is -2.43. The van der Waals surface area contributed by atoms with Gasteiger partial charge in [-0.1, -0.05) is 0 Å². The maximum atomic E-state index is 11.9.